The highest BCUT2D eigenvalue weighted by Crippen LogP contribution is 2.22. The molecule has 1 aliphatic heterocycles. The maximum absolute atomic E-state index is 12.6. The molecule has 2 atom stereocenters. The number of rotatable bonds is 8. The first-order valence-corrected chi connectivity index (χ1v) is 10.0. The Bertz CT molecular complexity index is 810. The third kappa shape index (κ3) is 6.72. The molecule has 0 aromatic heterocycles. The summed E-state index contributed by atoms with van der Waals surface area (Å²) < 4.78 is 9.71. The second-order valence-corrected chi connectivity index (χ2v) is 7.73. The van der Waals surface area contributed by atoms with Gasteiger partial charge in [-0.15, -0.1) is 0 Å². The van der Waals surface area contributed by atoms with Crippen molar-refractivity contribution < 1.29 is 28.7 Å². The van der Waals surface area contributed by atoms with Gasteiger partial charge >= 0.3 is 11.9 Å². The van der Waals surface area contributed by atoms with Crippen molar-refractivity contribution >= 4 is 40.4 Å². The van der Waals surface area contributed by atoms with Crippen molar-refractivity contribution in [2.24, 2.45) is 5.92 Å². The molecule has 0 bridgehead atoms. The molecule has 29 heavy (non-hydrogen) atoms. The van der Waals surface area contributed by atoms with Crippen LogP contribution in [0.5, 0.6) is 0 Å². The number of carbonyl (C=O) groups excluding carboxylic acids is 4. The predicted molar refractivity (Wildman–Crippen MR) is 110 cm³/mol. The molecule has 156 valence electrons. The molecular weight excluding hydrogens is 396 g/mol. The van der Waals surface area contributed by atoms with Crippen LogP contribution in [0.1, 0.15) is 34.1 Å². The molecule has 1 aromatic carbocycles. The van der Waals surface area contributed by atoms with Gasteiger partial charge in [0.1, 0.15) is 6.61 Å². The molecule has 0 unspecified atom stereocenters. The van der Waals surface area contributed by atoms with Gasteiger partial charge in [0.05, 0.1) is 24.3 Å². The smallest absolute Gasteiger partial charge is 0.338 e. The van der Waals surface area contributed by atoms with E-state index in [9.17, 15) is 19.2 Å². The van der Waals surface area contributed by atoms with E-state index in [0.29, 0.717) is 18.7 Å². The van der Waals surface area contributed by atoms with Crippen LogP contribution in [0.3, 0.4) is 0 Å². The Balaban J connectivity index is 2.11. The fourth-order valence-corrected chi connectivity index (χ4v) is 3.60. The molecule has 0 radical (unpaired) electrons. The molecule has 1 saturated heterocycles. The maximum Gasteiger partial charge on any atom is 0.338 e. The van der Waals surface area contributed by atoms with Crippen LogP contribution in [-0.4, -0.2) is 55.0 Å². The molecule has 9 heteroatoms. The van der Waals surface area contributed by atoms with Crippen molar-refractivity contribution in [3.8, 4) is 0 Å². The molecule has 0 spiro atoms. The minimum absolute atomic E-state index is 0.0225. The van der Waals surface area contributed by atoms with Crippen molar-refractivity contribution in [2.75, 3.05) is 31.3 Å². The second-order valence-electron chi connectivity index (χ2n) is 6.53. The van der Waals surface area contributed by atoms with Gasteiger partial charge in [0.25, 0.3) is 0 Å². The normalized spacial score (nSPS) is 18.0. The molecule has 1 heterocycles. The van der Waals surface area contributed by atoms with Gasteiger partial charge in [0, 0.05) is 18.4 Å². The fraction of sp³-hybridized carbons (Fsp3) is 0.400. The molecular formula is C20H24N2O6S. The lowest BCUT2D eigenvalue weighted by molar-refractivity contribution is -0.117. The van der Waals surface area contributed by atoms with E-state index in [1.807, 2.05) is 0 Å². The SMILES string of the molecule is C=CCOC(=O)c1cc(NC(=O)[C@@H]2C[C@H](CSC(C)=O)CN2)cc(C(=O)OC)c1. The standard InChI is InChI=1S/C20H24N2O6S/c1-4-5-28-20(26)15-7-14(19(25)27-3)8-16(9-15)22-18(24)17-6-13(10-21-17)11-29-12(2)23/h4,7-9,13,17,21H,1,5-6,10-11H2,2-3H3,(H,22,24)/t13-,17-/m0/s1. The van der Waals surface area contributed by atoms with Gasteiger partial charge in [-0.05, 0) is 37.1 Å². The lowest BCUT2D eigenvalue weighted by atomic mass is 10.1. The summed E-state index contributed by atoms with van der Waals surface area (Å²) in [5.74, 6) is -0.702. The molecule has 1 amide bonds. The minimum atomic E-state index is -0.647. The number of amides is 1. The summed E-state index contributed by atoms with van der Waals surface area (Å²) in [6, 6.07) is 3.79. The quantitative estimate of drug-likeness (QED) is 0.485. The van der Waals surface area contributed by atoms with E-state index in [1.165, 1.54) is 50.1 Å². The van der Waals surface area contributed by atoms with Crippen LogP contribution >= 0.6 is 11.8 Å². The van der Waals surface area contributed by atoms with Gasteiger partial charge in [-0.2, -0.15) is 0 Å². The van der Waals surface area contributed by atoms with Crippen LogP contribution in [0.15, 0.2) is 30.9 Å². The zero-order valence-corrected chi connectivity index (χ0v) is 17.2. The molecule has 1 aromatic rings. The number of hydrogen-bond donors (Lipinski definition) is 2. The third-order valence-electron chi connectivity index (χ3n) is 4.25. The van der Waals surface area contributed by atoms with E-state index in [4.69, 9.17) is 9.47 Å². The largest absolute Gasteiger partial charge is 0.465 e. The highest BCUT2D eigenvalue weighted by Gasteiger charge is 2.30. The number of methoxy groups -OCH3 is 1. The summed E-state index contributed by atoms with van der Waals surface area (Å²) in [4.78, 5) is 47.8. The lowest BCUT2D eigenvalue weighted by Gasteiger charge is -2.13. The minimum Gasteiger partial charge on any atom is -0.465 e. The predicted octanol–water partition coefficient (Wildman–Crippen LogP) is 2.01. The zero-order chi connectivity index (χ0) is 21.4. The number of thioether (sulfide) groups is 1. The Hall–Kier alpha value is -2.65. The molecule has 8 nitrogen and oxygen atoms in total. The van der Waals surface area contributed by atoms with Crippen LogP contribution in [0.25, 0.3) is 0 Å². The monoisotopic (exact) mass is 420 g/mol. The van der Waals surface area contributed by atoms with E-state index in [2.05, 4.69) is 17.2 Å². The van der Waals surface area contributed by atoms with E-state index >= 15 is 0 Å². The molecule has 2 N–H and O–H groups in total. The number of esters is 2. The molecule has 2 rings (SSSR count). The van der Waals surface area contributed by atoms with Crippen LogP contribution in [0.4, 0.5) is 5.69 Å². The maximum atomic E-state index is 12.6. The van der Waals surface area contributed by atoms with Crippen molar-refractivity contribution in [3.63, 3.8) is 0 Å². The summed E-state index contributed by atoms with van der Waals surface area (Å²) in [6.07, 6.45) is 2.02. The van der Waals surface area contributed by atoms with Gasteiger partial charge in [-0.3, -0.25) is 9.59 Å². The molecule has 0 saturated carbocycles. The summed E-state index contributed by atoms with van der Waals surface area (Å²) in [6.45, 7) is 5.66. The topological polar surface area (TPSA) is 111 Å². The van der Waals surface area contributed by atoms with Gasteiger partial charge < -0.3 is 20.1 Å². The first-order chi connectivity index (χ1) is 13.8. The van der Waals surface area contributed by atoms with Crippen molar-refractivity contribution in [1.29, 1.82) is 0 Å². The van der Waals surface area contributed by atoms with Crippen LogP contribution in [0, 0.1) is 5.92 Å². The van der Waals surface area contributed by atoms with Crippen molar-refractivity contribution in [2.45, 2.75) is 19.4 Å². The molecule has 1 aliphatic rings. The third-order valence-corrected chi connectivity index (χ3v) is 5.29. The van der Waals surface area contributed by atoms with Crippen LogP contribution in [0.2, 0.25) is 0 Å². The second kappa shape index (κ2) is 10.8. The van der Waals surface area contributed by atoms with Gasteiger partial charge in [0.15, 0.2) is 5.12 Å². The van der Waals surface area contributed by atoms with E-state index in [0.717, 1.165) is 0 Å². The van der Waals surface area contributed by atoms with E-state index in [-0.39, 0.29) is 40.4 Å². The average molecular weight is 420 g/mol. The Morgan fingerprint density at radius 2 is 1.93 bits per heavy atom. The summed E-state index contributed by atoms with van der Waals surface area (Å²) in [5, 5.41) is 5.91. The lowest BCUT2D eigenvalue weighted by Crippen LogP contribution is -2.35. The highest BCUT2D eigenvalue weighted by atomic mass is 32.2. The van der Waals surface area contributed by atoms with E-state index < -0.39 is 18.0 Å². The Kier molecular flexibility index (Phi) is 8.41. The summed E-state index contributed by atoms with van der Waals surface area (Å²) in [5.41, 5.74) is 0.512. The fourth-order valence-electron chi connectivity index (χ4n) is 2.87. The van der Waals surface area contributed by atoms with E-state index in [1.54, 1.807) is 0 Å². The van der Waals surface area contributed by atoms with Crippen LogP contribution < -0.4 is 10.6 Å². The number of carbonyl (C=O) groups is 4. The Labute approximate surface area is 173 Å². The van der Waals surface area contributed by atoms with Crippen molar-refractivity contribution in [1.82, 2.24) is 5.32 Å². The van der Waals surface area contributed by atoms with Gasteiger partial charge in [-0.1, -0.05) is 24.4 Å². The van der Waals surface area contributed by atoms with Gasteiger partial charge in [-0.25, -0.2) is 9.59 Å². The number of benzene rings is 1. The van der Waals surface area contributed by atoms with Gasteiger partial charge in [0.2, 0.25) is 5.91 Å². The molecule has 0 aliphatic carbocycles. The first-order valence-electron chi connectivity index (χ1n) is 9.03. The Morgan fingerprint density at radius 1 is 1.24 bits per heavy atom. The van der Waals surface area contributed by atoms with Crippen LogP contribution in [-0.2, 0) is 19.1 Å². The zero-order valence-electron chi connectivity index (χ0n) is 16.4. The number of ether oxygens (including phenoxy) is 2. The summed E-state index contributed by atoms with van der Waals surface area (Å²) in [7, 11) is 1.23. The van der Waals surface area contributed by atoms with Crippen molar-refractivity contribution in [3.05, 3.63) is 42.0 Å². The number of nitrogens with one attached hydrogen (secondary N) is 2. The molecule has 1 fully saturated rings. The number of anilines is 1. The average Bonchev–Trinajstić information content (AvgIpc) is 3.18. The first kappa shape index (κ1) is 22.6. The number of hydrogen-bond acceptors (Lipinski definition) is 8. The highest BCUT2D eigenvalue weighted by molar-refractivity contribution is 8.13. The summed E-state index contributed by atoms with van der Waals surface area (Å²) >= 11 is 1.25. The Morgan fingerprint density at radius 3 is 2.55 bits per heavy atom.